The van der Waals surface area contributed by atoms with Gasteiger partial charge in [0.2, 0.25) is 5.91 Å². The van der Waals surface area contributed by atoms with Crippen molar-refractivity contribution in [2.45, 2.75) is 64.6 Å². The number of piperazine rings is 1. The zero-order valence-corrected chi connectivity index (χ0v) is 12.8. The van der Waals surface area contributed by atoms with Crippen molar-refractivity contribution in [2.24, 2.45) is 5.41 Å². The van der Waals surface area contributed by atoms with Crippen LogP contribution in [0, 0.1) is 5.41 Å². The lowest BCUT2D eigenvalue weighted by Crippen LogP contribution is -2.60. The standard InChI is InChI=1S/C15H29N3O/c1-11-9-17-13(10-16-11)14(19)18(4)12-5-7-15(2,3)8-6-12/h11-13,16-17H,5-10H2,1-4H3. The van der Waals surface area contributed by atoms with Gasteiger partial charge in [0.1, 0.15) is 0 Å². The van der Waals surface area contributed by atoms with Gasteiger partial charge >= 0.3 is 0 Å². The van der Waals surface area contributed by atoms with Crippen LogP contribution in [0.5, 0.6) is 0 Å². The summed E-state index contributed by atoms with van der Waals surface area (Å²) in [5.74, 6) is 0.254. The van der Waals surface area contributed by atoms with Gasteiger partial charge in [0, 0.05) is 32.2 Å². The number of likely N-dealkylation sites (N-methyl/N-ethyl adjacent to an activating group) is 1. The van der Waals surface area contributed by atoms with Gasteiger partial charge in [-0.1, -0.05) is 13.8 Å². The summed E-state index contributed by atoms with van der Waals surface area (Å²) in [6, 6.07) is 0.850. The molecule has 0 aromatic carbocycles. The van der Waals surface area contributed by atoms with Gasteiger partial charge in [-0.15, -0.1) is 0 Å². The van der Waals surface area contributed by atoms with Crippen molar-refractivity contribution in [3.05, 3.63) is 0 Å². The van der Waals surface area contributed by atoms with Crippen molar-refractivity contribution in [2.75, 3.05) is 20.1 Å². The zero-order valence-electron chi connectivity index (χ0n) is 12.8. The normalized spacial score (nSPS) is 32.0. The van der Waals surface area contributed by atoms with Crippen LogP contribution >= 0.6 is 0 Å². The Morgan fingerprint density at radius 1 is 1.16 bits per heavy atom. The molecule has 1 amide bonds. The van der Waals surface area contributed by atoms with E-state index in [4.69, 9.17) is 0 Å². The number of nitrogens with one attached hydrogen (secondary N) is 2. The predicted octanol–water partition coefficient (Wildman–Crippen LogP) is 1.36. The molecule has 4 heteroatoms. The fourth-order valence-electron chi connectivity index (χ4n) is 3.15. The second kappa shape index (κ2) is 5.80. The summed E-state index contributed by atoms with van der Waals surface area (Å²) in [7, 11) is 1.98. The maximum Gasteiger partial charge on any atom is 0.241 e. The largest absolute Gasteiger partial charge is 0.341 e. The fraction of sp³-hybridized carbons (Fsp3) is 0.933. The molecule has 2 unspecified atom stereocenters. The summed E-state index contributed by atoms with van der Waals surface area (Å²) in [4.78, 5) is 14.5. The van der Waals surface area contributed by atoms with Crippen LogP contribution in [0.1, 0.15) is 46.5 Å². The Bertz CT molecular complexity index is 311. The lowest BCUT2D eigenvalue weighted by atomic mass is 9.75. The van der Waals surface area contributed by atoms with Gasteiger partial charge in [-0.05, 0) is 38.0 Å². The molecule has 2 N–H and O–H groups in total. The SMILES string of the molecule is CC1CNC(C(=O)N(C)C2CCC(C)(C)CC2)CN1. The Hall–Kier alpha value is -0.610. The molecule has 1 heterocycles. The molecular weight excluding hydrogens is 238 g/mol. The van der Waals surface area contributed by atoms with Gasteiger partial charge in [0.25, 0.3) is 0 Å². The van der Waals surface area contributed by atoms with E-state index in [1.54, 1.807) is 0 Å². The number of amides is 1. The maximum atomic E-state index is 12.5. The number of hydrogen-bond acceptors (Lipinski definition) is 3. The maximum absolute atomic E-state index is 12.5. The van der Waals surface area contributed by atoms with Crippen LogP contribution < -0.4 is 10.6 Å². The molecule has 2 atom stereocenters. The molecule has 0 spiro atoms. The lowest BCUT2D eigenvalue weighted by molar-refractivity contribution is -0.135. The van der Waals surface area contributed by atoms with Gasteiger partial charge < -0.3 is 15.5 Å². The summed E-state index contributed by atoms with van der Waals surface area (Å²) in [6.45, 7) is 8.43. The molecule has 2 fully saturated rings. The monoisotopic (exact) mass is 267 g/mol. The summed E-state index contributed by atoms with van der Waals surface area (Å²) >= 11 is 0. The van der Waals surface area contributed by atoms with Crippen molar-refractivity contribution < 1.29 is 4.79 Å². The number of hydrogen-bond donors (Lipinski definition) is 2. The highest BCUT2D eigenvalue weighted by Gasteiger charge is 2.33. The van der Waals surface area contributed by atoms with E-state index < -0.39 is 0 Å². The molecule has 0 aromatic rings. The van der Waals surface area contributed by atoms with Gasteiger partial charge in [0.15, 0.2) is 0 Å². The molecule has 0 bridgehead atoms. The molecule has 1 saturated carbocycles. The van der Waals surface area contributed by atoms with Crippen LogP contribution in [0.25, 0.3) is 0 Å². The first-order chi connectivity index (χ1) is 8.89. The average Bonchev–Trinajstić information content (AvgIpc) is 2.38. The Labute approximate surface area is 117 Å². The van der Waals surface area contributed by atoms with Crippen LogP contribution in [0.4, 0.5) is 0 Å². The number of rotatable bonds is 2. The highest BCUT2D eigenvalue weighted by Crippen LogP contribution is 2.36. The number of nitrogens with zero attached hydrogens (tertiary/aromatic N) is 1. The Morgan fingerprint density at radius 2 is 1.79 bits per heavy atom. The molecule has 19 heavy (non-hydrogen) atoms. The van der Waals surface area contributed by atoms with E-state index in [0.717, 1.165) is 25.9 Å². The van der Waals surface area contributed by atoms with Gasteiger partial charge in [-0.2, -0.15) is 0 Å². The quantitative estimate of drug-likeness (QED) is 0.794. The molecule has 110 valence electrons. The van der Waals surface area contributed by atoms with Crippen LogP contribution in [-0.2, 0) is 4.79 Å². The van der Waals surface area contributed by atoms with Crippen molar-refractivity contribution in [1.82, 2.24) is 15.5 Å². The van der Waals surface area contributed by atoms with E-state index in [1.807, 2.05) is 11.9 Å². The van der Waals surface area contributed by atoms with Crippen molar-refractivity contribution in [1.29, 1.82) is 0 Å². The Morgan fingerprint density at radius 3 is 2.32 bits per heavy atom. The molecular formula is C15H29N3O. The van der Waals surface area contributed by atoms with Crippen molar-refractivity contribution >= 4 is 5.91 Å². The molecule has 1 aliphatic carbocycles. The molecule has 4 nitrogen and oxygen atoms in total. The summed E-state index contributed by atoms with van der Waals surface area (Å²) in [5.41, 5.74) is 0.459. The van der Waals surface area contributed by atoms with Gasteiger partial charge in [-0.25, -0.2) is 0 Å². The topological polar surface area (TPSA) is 44.4 Å². The summed E-state index contributed by atoms with van der Waals surface area (Å²) in [5, 5.41) is 6.73. The van der Waals surface area contributed by atoms with Gasteiger partial charge in [-0.3, -0.25) is 4.79 Å². The van der Waals surface area contributed by atoms with E-state index in [9.17, 15) is 4.79 Å². The molecule has 2 rings (SSSR count). The van der Waals surface area contributed by atoms with E-state index in [1.165, 1.54) is 12.8 Å². The third kappa shape index (κ3) is 3.69. The molecule has 1 aliphatic heterocycles. The average molecular weight is 267 g/mol. The zero-order chi connectivity index (χ0) is 14.0. The molecule has 0 aromatic heterocycles. The van der Waals surface area contributed by atoms with E-state index >= 15 is 0 Å². The second-order valence-corrected chi connectivity index (χ2v) is 7.11. The molecule has 1 saturated heterocycles. The first-order valence-corrected chi connectivity index (χ1v) is 7.62. The minimum Gasteiger partial charge on any atom is -0.341 e. The van der Waals surface area contributed by atoms with Crippen LogP contribution in [0.2, 0.25) is 0 Å². The summed E-state index contributed by atoms with van der Waals surface area (Å²) in [6.07, 6.45) is 4.74. The van der Waals surface area contributed by atoms with Gasteiger partial charge in [0.05, 0.1) is 6.04 Å². The van der Waals surface area contributed by atoms with Crippen LogP contribution in [0.3, 0.4) is 0 Å². The minimum atomic E-state index is -0.0452. The Kier molecular flexibility index (Phi) is 4.51. The Balaban J connectivity index is 1.86. The van der Waals surface area contributed by atoms with Crippen molar-refractivity contribution in [3.8, 4) is 0 Å². The highest BCUT2D eigenvalue weighted by atomic mass is 16.2. The summed E-state index contributed by atoms with van der Waals surface area (Å²) < 4.78 is 0. The van der Waals surface area contributed by atoms with Crippen LogP contribution in [0.15, 0.2) is 0 Å². The number of carbonyl (C=O) groups excluding carboxylic acids is 1. The van der Waals surface area contributed by atoms with Crippen LogP contribution in [-0.4, -0.2) is 49.1 Å². The second-order valence-electron chi connectivity index (χ2n) is 7.11. The third-order valence-corrected chi connectivity index (χ3v) is 4.84. The van der Waals surface area contributed by atoms with E-state index in [0.29, 0.717) is 17.5 Å². The molecule has 0 radical (unpaired) electrons. The van der Waals surface area contributed by atoms with E-state index in [-0.39, 0.29) is 11.9 Å². The first-order valence-electron chi connectivity index (χ1n) is 7.62. The van der Waals surface area contributed by atoms with E-state index in [2.05, 4.69) is 31.4 Å². The number of carbonyl (C=O) groups is 1. The third-order valence-electron chi connectivity index (χ3n) is 4.84. The van der Waals surface area contributed by atoms with Crippen molar-refractivity contribution in [3.63, 3.8) is 0 Å². The highest BCUT2D eigenvalue weighted by molar-refractivity contribution is 5.82. The fourth-order valence-corrected chi connectivity index (χ4v) is 3.15. The minimum absolute atomic E-state index is 0.0452. The lowest BCUT2D eigenvalue weighted by Gasteiger charge is -2.40. The molecule has 2 aliphatic rings. The predicted molar refractivity (Wildman–Crippen MR) is 78.1 cm³/mol. The smallest absolute Gasteiger partial charge is 0.241 e. The first kappa shape index (κ1) is 14.8.